The normalized spacial score (nSPS) is 10.8. The van der Waals surface area contributed by atoms with E-state index >= 15 is 0 Å². The molecule has 3 rings (SSSR count). The molecule has 2 heterocycles. The number of nitrogens with zero attached hydrogens (tertiary/aromatic N) is 1. The van der Waals surface area contributed by atoms with Crippen LogP contribution in [0.15, 0.2) is 34.0 Å². The van der Waals surface area contributed by atoms with Crippen molar-refractivity contribution < 1.29 is 4.79 Å². The number of nitrogens with one attached hydrogen (secondary N) is 3. The van der Waals surface area contributed by atoms with Gasteiger partial charge in [-0.3, -0.25) is 14.6 Å². The molecular formula is C19H19ClN4O3S. The molecule has 0 fully saturated rings. The van der Waals surface area contributed by atoms with Crippen molar-refractivity contribution >= 4 is 34.0 Å². The number of halogens is 1. The number of amides is 1. The Morgan fingerprint density at radius 2 is 2.04 bits per heavy atom. The van der Waals surface area contributed by atoms with Crippen LogP contribution in [0, 0.1) is 13.8 Å². The van der Waals surface area contributed by atoms with Gasteiger partial charge in [-0.25, -0.2) is 9.78 Å². The van der Waals surface area contributed by atoms with E-state index in [4.69, 9.17) is 11.6 Å². The molecule has 1 amide bonds. The van der Waals surface area contributed by atoms with E-state index in [0.29, 0.717) is 22.8 Å². The minimum Gasteiger partial charge on any atom is -0.311 e. The van der Waals surface area contributed by atoms with Gasteiger partial charge in [0.15, 0.2) is 5.13 Å². The summed E-state index contributed by atoms with van der Waals surface area (Å²) in [5.74, 6) is -0.250. The highest BCUT2D eigenvalue weighted by Gasteiger charge is 2.12. The number of thiazole rings is 1. The van der Waals surface area contributed by atoms with Crippen LogP contribution < -0.4 is 16.6 Å². The Labute approximate surface area is 169 Å². The molecule has 146 valence electrons. The Bertz CT molecular complexity index is 1130. The molecule has 0 spiro atoms. The lowest BCUT2D eigenvalue weighted by molar-refractivity contribution is -0.116. The fourth-order valence-electron chi connectivity index (χ4n) is 2.83. The van der Waals surface area contributed by atoms with E-state index < -0.39 is 11.2 Å². The predicted octanol–water partition coefficient (Wildman–Crippen LogP) is 2.95. The maximum atomic E-state index is 12.2. The Kier molecular flexibility index (Phi) is 6.11. The van der Waals surface area contributed by atoms with Gasteiger partial charge in [0.25, 0.3) is 5.56 Å². The summed E-state index contributed by atoms with van der Waals surface area (Å²) in [7, 11) is 0. The van der Waals surface area contributed by atoms with Gasteiger partial charge in [0.05, 0.1) is 0 Å². The third-order valence-corrected chi connectivity index (χ3v) is 5.75. The smallest absolute Gasteiger partial charge is 0.311 e. The predicted molar refractivity (Wildman–Crippen MR) is 110 cm³/mol. The molecule has 3 aromatic rings. The van der Waals surface area contributed by atoms with Gasteiger partial charge < -0.3 is 10.3 Å². The van der Waals surface area contributed by atoms with Crippen LogP contribution in [0.1, 0.15) is 33.7 Å². The second-order valence-electron chi connectivity index (χ2n) is 6.42. The standard InChI is InChI=1S/C19H19ClN4O3S/c1-10-4-3-5-12(16(10)20)8-13-9-21-19(28-13)23-15(25)7-6-14-11(2)22-18(27)24-17(14)26/h3-5,9H,6-8H2,1-2H3,(H,21,23,25)(H2,22,24,26,27). The lowest BCUT2D eigenvalue weighted by Crippen LogP contribution is -2.27. The summed E-state index contributed by atoms with van der Waals surface area (Å²) in [6, 6.07) is 5.89. The Balaban J connectivity index is 1.61. The number of carbonyl (C=O) groups is 1. The maximum absolute atomic E-state index is 12.2. The summed E-state index contributed by atoms with van der Waals surface area (Å²) in [6.45, 7) is 3.59. The molecule has 0 unspecified atom stereocenters. The van der Waals surface area contributed by atoms with Crippen molar-refractivity contribution in [1.29, 1.82) is 0 Å². The molecule has 0 saturated carbocycles. The minimum absolute atomic E-state index is 0.106. The first-order valence-corrected chi connectivity index (χ1v) is 9.83. The Morgan fingerprint density at radius 1 is 1.25 bits per heavy atom. The van der Waals surface area contributed by atoms with Crippen LogP contribution >= 0.6 is 22.9 Å². The molecule has 0 bridgehead atoms. The fraction of sp³-hybridized carbons (Fsp3) is 0.263. The van der Waals surface area contributed by atoms with E-state index in [-0.39, 0.29) is 18.7 Å². The number of aromatic amines is 2. The quantitative estimate of drug-likeness (QED) is 0.571. The lowest BCUT2D eigenvalue weighted by Gasteiger charge is -2.05. The summed E-state index contributed by atoms with van der Waals surface area (Å²) in [6.07, 6.45) is 2.69. The van der Waals surface area contributed by atoms with Gasteiger partial charge in [0, 0.05) is 40.2 Å². The zero-order chi connectivity index (χ0) is 20.3. The summed E-state index contributed by atoms with van der Waals surface area (Å²) in [4.78, 5) is 45.1. The average molecular weight is 419 g/mol. The monoisotopic (exact) mass is 418 g/mol. The number of aryl methyl sites for hydroxylation is 2. The number of hydrogen-bond acceptors (Lipinski definition) is 5. The van der Waals surface area contributed by atoms with Gasteiger partial charge in [-0.1, -0.05) is 29.8 Å². The number of anilines is 1. The largest absolute Gasteiger partial charge is 0.325 e. The van der Waals surface area contributed by atoms with Crippen molar-refractivity contribution in [3.05, 3.63) is 77.5 Å². The number of aromatic nitrogens is 3. The van der Waals surface area contributed by atoms with Crippen LogP contribution in [0.3, 0.4) is 0 Å². The molecule has 28 heavy (non-hydrogen) atoms. The van der Waals surface area contributed by atoms with Gasteiger partial charge in [0.1, 0.15) is 0 Å². The molecule has 0 radical (unpaired) electrons. The van der Waals surface area contributed by atoms with Crippen molar-refractivity contribution in [3.63, 3.8) is 0 Å². The molecule has 0 aliphatic rings. The molecular weight excluding hydrogens is 400 g/mol. The van der Waals surface area contributed by atoms with Gasteiger partial charge in [-0.2, -0.15) is 0 Å². The molecule has 0 atom stereocenters. The Morgan fingerprint density at radius 3 is 2.79 bits per heavy atom. The molecule has 1 aromatic carbocycles. The average Bonchev–Trinajstić information content (AvgIpc) is 3.05. The summed E-state index contributed by atoms with van der Waals surface area (Å²) >= 11 is 7.72. The van der Waals surface area contributed by atoms with Crippen molar-refractivity contribution in [3.8, 4) is 0 Å². The third kappa shape index (κ3) is 4.76. The molecule has 9 heteroatoms. The van der Waals surface area contributed by atoms with Gasteiger partial charge in [0.2, 0.25) is 5.91 Å². The summed E-state index contributed by atoms with van der Waals surface area (Å²) in [5.41, 5.74) is 1.86. The van der Waals surface area contributed by atoms with Crippen LogP contribution in [0.5, 0.6) is 0 Å². The van der Waals surface area contributed by atoms with Crippen molar-refractivity contribution in [2.24, 2.45) is 0 Å². The van der Waals surface area contributed by atoms with Crippen LogP contribution in [-0.2, 0) is 17.6 Å². The highest BCUT2D eigenvalue weighted by atomic mass is 35.5. The first kappa shape index (κ1) is 20.0. The molecule has 2 aromatic heterocycles. The highest BCUT2D eigenvalue weighted by Crippen LogP contribution is 2.26. The van der Waals surface area contributed by atoms with Crippen LogP contribution in [0.25, 0.3) is 0 Å². The van der Waals surface area contributed by atoms with Gasteiger partial charge in [-0.15, -0.1) is 11.3 Å². The topological polar surface area (TPSA) is 108 Å². The van der Waals surface area contributed by atoms with E-state index in [9.17, 15) is 14.4 Å². The molecule has 0 saturated heterocycles. The summed E-state index contributed by atoms with van der Waals surface area (Å²) < 4.78 is 0. The van der Waals surface area contributed by atoms with E-state index in [0.717, 1.165) is 21.0 Å². The van der Waals surface area contributed by atoms with E-state index in [2.05, 4.69) is 20.3 Å². The zero-order valence-corrected chi connectivity index (χ0v) is 17.0. The number of H-pyrrole nitrogens is 2. The molecule has 3 N–H and O–H groups in total. The molecule has 0 aliphatic carbocycles. The number of benzene rings is 1. The SMILES string of the molecule is Cc1cccc(Cc2cnc(NC(=O)CCc3c(C)[nH]c(=O)[nH]c3=O)s2)c1Cl. The number of carbonyl (C=O) groups excluding carboxylic acids is 1. The Hall–Kier alpha value is -2.71. The zero-order valence-electron chi connectivity index (χ0n) is 15.4. The summed E-state index contributed by atoms with van der Waals surface area (Å²) in [5, 5.41) is 3.98. The number of hydrogen-bond donors (Lipinski definition) is 3. The van der Waals surface area contributed by atoms with Crippen LogP contribution in [0.4, 0.5) is 5.13 Å². The van der Waals surface area contributed by atoms with E-state index in [1.54, 1.807) is 13.1 Å². The van der Waals surface area contributed by atoms with Crippen molar-refractivity contribution in [2.45, 2.75) is 33.1 Å². The van der Waals surface area contributed by atoms with Gasteiger partial charge >= 0.3 is 5.69 Å². The third-order valence-electron chi connectivity index (χ3n) is 4.29. The van der Waals surface area contributed by atoms with Crippen molar-refractivity contribution in [1.82, 2.24) is 15.0 Å². The molecule has 0 aliphatic heterocycles. The lowest BCUT2D eigenvalue weighted by atomic mass is 10.1. The highest BCUT2D eigenvalue weighted by molar-refractivity contribution is 7.15. The number of rotatable bonds is 6. The second-order valence-corrected chi connectivity index (χ2v) is 7.91. The van der Waals surface area contributed by atoms with Crippen LogP contribution in [-0.4, -0.2) is 20.9 Å². The maximum Gasteiger partial charge on any atom is 0.325 e. The molecule has 7 nitrogen and oxygen atoms in total. The first-order valence-electron chi connectivity index (χ1n) is 8.64. The van der Waals surface area contributed by atoms with Crippen LogP contribution in [0.2, 0.25) is 5.02 Å². The minimum atomic E-state index is -0.556. The fourth-order valence-corrected chi connectivity index (χ4v) is 3.87. The van der Waals surface area contributed by atoms with Crippen molar-refractivity contribution in [2.75, 3.05) is 5.32 Å². The second kappa shape index (κ2) is 8.53. The van der Waals surface area contributed by atoms with E-state index in [1.807, 2.05) is 25.1 Å². The van der Waals surface area contributed by atoms with E-state index in [1.165, 1.54) is 11.3 Å². The van der Waals surface area contributed by atoms with Gasteiger partial charge in [-0.05, 0) is 31.4 Å². The first-order chi connectivity index (χ1) is 13.3.